The van der Waals surface area contributed by atoms with E-state index in [1.54, 1.807) is 10.9 Å². The van der Waals surface area contributed by atoms with Gasteiger partial charge in [0.1, 0.15) is 0 Å². The van der Waals surface area contributed by atoms with Gasteiger partial charge in [-0.3, -0.25) is 9.36 Å². The van der Waals surface area contributed by atoms with Gasteiger partial charge >= 0.3 is 0 Å². The first-order chi connectivity index (χ1) is 11.8. The summed E-state index contributed by atoms with van der Waals surface area (Å²) in [5, 5.41) is 4.14. The summed E-state index contributed by atoms with van der Waals surface area (Å²) < 4.78 is 1.70. The molecule has 24 heavy (non-hydrogen) atoms. The van der Waals surface area contributed by atoms with E-state index in [1.165, 1.54) is 5.56 Å². The Kier molecular flexibility index (Phi) is 5.75. The van der Waals surface area contributed by atoms with Crippen LogP contribution in [0.1, 0.15) is 18.4 Å². The minimum absolute atomic E-state index is 0.0460. The fourth-order valence-corrected chi connectivity index (χ4v) is 2.83. The second kappa shape index (κ2) is 8.41. The van der Waals surface area contributed by atoms with Crippen molar-refractivity contribution < 1.29 is 0 Å². The summed E-state index contributed by atoms with van der Waals surface area (Å²) in [5.74, 6) is 0. The monoisotopic (exact) mass is 321 g/mol. The molecule has 0 unspecified atom stereocenters. The number of nitrogens with zero attached hydrogens (tertiary/aromatic N) is 2. The highest BCUT2D eigenvalue weighted by Crippen LogP contribution is 2.05. The number of nitrogens with one attached hydrogen (secondary N) is 1. The quantitative estimate of drug-likeness (QED) is 0.649. The number of para-hydroxylation sites is 1. The van der Waals surface area contributed by atoms with Gasteiger partial charge in [0.25, 0.3) is 5.56 Å². The van der Waals surface area contributed by atoms with Crippen molar-refractivity contribution in [3.8, 4) is 0 Å². The van der Waals surface area contributed by atoms with Crippen LogP contribution in [0.15, 0.2) is 65.7 Å². The molecular weight excluding hydrogens is 298 g/mol. The lowest BCUT2D eigenvalue weighted by atomic mass is 10.1. The molecule has 124 valence electrons. The normalized spacial score (nSPS) is 11.0. The zero-order valence-electron chi connectivity index (χ0n) is 13.8. The number of benzene rings is 2. The molecule has 4 nitrogen and oxygen atoms in total. The first-order valence-electron chi connectivity index (χ1n) is 8.53. The molecule has 2 aromatic carbocycles. The average molecular weight is 321 g/mol. The topological polar surface area (TPSA) is 46.9 Å². The molecule has 0 radical (unpaired) electrons. The third-order valence-corrected chi connectivity index (χ3v) is 4.15. The Morgan fingerprint density at radius 2 is 1.67 bits per heavy atom. The Hall–Kier alpha value is -2.46. The standard InChI is InChI=1S/C20H23N3O/c24-20-18-11-4-5-12-19(18)22-16-23(20)15-7-14-21-13-6-10-17-8-2-1-3-9-17/h1-5,8-9,11-12,16,21H,6-7,10,13-15H2. The molecule has 1 aromatic heterocycles. The lowest BCUT2D eigenvalue weighted by molar-refractivity contribution is 0.560. The van der Waals surface area contributed by atoms with Crippen molar-refractivity contribution in [1.82, 2.24) is 14.9 Å². The number of fused-ring (bicyclic) bond motifs is 1. The molecule has 0 bridgehead atoms. The zero-order chi connectivity index (χ0) is 16.6. The third-order valence-electron chi connectivity index (χ3n) is 4.15. The number of aryl methyl sites for hydroxylation is 2. The molecule has 0 fully saturated rings. The predicted molar refractivity (Wildman–Crippen MR) is 98.3 cm³/mol. The van der Waals surface area contributed by atoms with Gasteiger partial charge in [0.15, 0.2) is 0 Å². The molecular formula is C20H23N3O. The van der Waals surface area contributed by atoms with Crippen LogP contribution in [0.2, 0.25) is 0 Å². The molecule has 0 aliphatic heterocycles. The summed E-state index contributed by atoms with van der Waals surface area (Å²) in [7, 11) is 0. The zero-order valence-corrected chi connectivity index (χ0v) is 13.8. The summed E-state index contributed by atoms with van der Waals surface area (Å²) in [5.41, 5.74) is 2.19. The largest absolute Gasteiger partial charge is 0.317 e. The lowest BCUT2D eigenvalue weighted by Crippen LogP contribution is -2.24. The van der Waals surface area contributed by atoms with Crippen molar-refractivity contribution in [2.45, 2.75) is 25.8 Å². The number of hydrogen-bond donors (Lipinski definition) is 1. The highest BCUT2D eigenvalue weighted by molar-refractivity contribution is 5.76. The maximum Gasteiger partial charge on any atom is 0.261 e. The van der Waals surface area contributed by atoms with Gasteiger partial charge in [0.05, 0.1) is 17.2 Å². The predicted octanol–water partition coefficient (Wildman–Crippen LogP) is 3.01. The molecule has 0 spiro atoms. The smallest absolute Gasteiger partial charge is 0.261 e. The SMILES string of the molecule is O=c1c2ccccc2ncn1CCCNCCCc1ccccc1. The first-order valence-corrected chi connectivity index (χ1v) is 8.53. The van der Waals surface area contributed by atoms with Crippen LogP contribution in [0.4, 0.5) is 0 Å². The van der Waals surface area contributed by atoms with Crippen LogP contribution in [0, 0.1) is 0 Å². The molecule has 3 aromatic rings. The number of aromatic nitrogens is 2. The Labute approximate surface area is 142 Å². The highest BCUT2D eigenvalue weighted by atomic mass is 16.1. The molecule has 0 aliphatic rings. The van der Waals surface area contributed by atoms with Crippen LogP contribution in [-0.4, -0.2) is 22.6 Å². The summed E-state index contributed by atoms with van der Waals surface area (Å²) in [6.07, 6.45) is 4.80. The van der Waals surface area contributed by atoms with Crippen LogP contribution in [0.5, 0.6) is 0 Å². The Balaban J connectivity index is 1.39. The summed E-state index contributed by atoms with van der Waals surface area (Å²) >= 11 is 0. The maximum atomic E-state index is 12.4. The minimum atomic E-state index is 0.0460. The van der Waals surface area contributed by atoms with E-state index in [9.17, 15) is 4.79 Å². The molecule has 3 rings (SSSR count). The van der Waals surface area contributed by atoms with Gasteiger partial charge in [-0.2, -0.15) is 0 Å². The maximum absolute atomic E-state index is 12.4. The van der Waals surface area contributed by atoms with E-state index in [4.69, 9.17) is 0 Å². The summed E-state index contributed by atoms with van der Waals surface area (Å²) in [4.78, 5) is 16.7. The molecule has 1 heterocycles. The molecule has 0 saturated heterocycles. The van der Waals surface area contributed by atoms with Gasteiger partial charge in [0.2, 0.25) is 0 Å². The second-order valence-electron chi connectivity index (χ2n) is 5.95. The summed E-state index contributed by atoms with van der Waals surface area (Å²) in [6.45, 7) is 2.61. The van der Waals surface area contributed by atoms with E-state index in [-0.39, 0.29) is 5.56 Å². The minimum Gasteiger partial charge on any atom is -0.317 e. The first kappa shape index (κ1) is 16.4. The van der Waals surface area contributed by atoms with Crippen LogP contribution in [-0.2, 0) is 13.0 Å². The molecule has 0 aliphatic carbocycles. The van der Waals surface area contributed by atoms with Crippen molar-refractivity contribution >= 4 is 10.9 Å². The number of rotatable bonds is 8. The van der Waals surface area contributed by atoms with Gasteiger partial charge in [0, 0.05) is 6.54 Å². The average Bonchev–Trinajstić information content (AvgIpc) is 2.64. The highest BCUT2D eigenvalue weighted by Gasteiger charge is 2.02. The molecule has 0 amide bonds. The van der Waals surface area contributed by atoms with Crippen molar-refractivity contribution in [2.24, 2.45) is 0 Å². The fourth-order valence-electron chi connectivity index (χ4n) is 2.83. The Morgan fingerprint density at radius 1 is 0.917 bits per heavy atom. The van der Waals surface area contributed by atoms with E-state index in [2.05, 4.69) is 34.6 Å². The van der Waals surface area contributed by atoms with Gasteiger partial charge in [-0.05, 0) is 50.0 Å². The van der Waals surface area contributed by atoms with Crippen LogP contribution >= 0.6 is 0 Å². The van der Waals surface area contributed by atoms with Gasteiger partial charge < -0.3 is 5.32 Å². The Bertz CT molecular complexity index is 827. The van der Waals surface area contributed by atoms with Crippen LogP contribution in [0.3, 0.4) is 0 Å². The third kappa shape index (κ3) is 4.30. The summed E-state index contributed by atoms with van der Waals surface area (Å²) in [6, 6.07) is 18.0. The molecule has 4 heteroatoms. The van der Waals surface area contributed by atoms with Gasteiger partial charge in [-0.25, -0.2) is 4.98 Å². The van der Waals surface area contributed by atoms with Crippen molar-refractivity contribution in [3.05, 3.63) is 76.8 Å². The van der Waals surface area contributed by atoms with Crippen molar-refractivity contribution in [3.63, 3.8) is 0 Å². The van der Waals surface area contributed by atoms with E-state index in [0.29, 0.717) is 11.9 Å². The molecule has 1 N–H and O–H groups in total. The van der Waals surface area contributed by atoms with Crippen LogP contribution < -0.4 is 10.9 Å². The van der Waals surface area contributed by atoms with E-state index >= 15 is 0 Å². The second-order valence-corrected chi connectivity index (χ2v) is 5.95. The molecule has 0 atom stereocenters. The van der Waals surface area contributed by atoms with Crippen molar-refractivity contribution in [2.75, 3.05) is 13.1 Å². The lowest BCUT2D eigenvalue weighted by Gasteiger charge is -2.08. The Morgan fingerprint density at radius 3 is 2.54 bits per heavy atom. The number of hydrogen-bond acceptors (Lipinski definition) is 3. The molecule has 0 saturated carbocycles. The van der Waals surface area contributed by atoms with E-state index in [1.807, 2.05) is 30.3 Å². The van der Waals surface area contributed by atoms with E-state index < -0.39 is 0 Å². The fraction of sp³-hybridized carbons (Fsp3) is 0.300. The van der Waals surface area contributed by atoms with Crippen molar-refractivity contribution in [1.29, 1.82) is 0 Å². The van der Waals surface area contributed by atoms with Crippen LogP contribution in [0.25, 0.3) is 10.9 Å². The van der Waals surface area contributed by atoms with Gasteiger partial charge in [-0.15, -0.1) is 0 Å². The van der Waals surface area contributed by atoms with E-state index in [0.717, 1.165) is 37.9 Å². The van der Waals surface area contributed by atoms with Gasteiger partial charge in [-0.1, -0.05) is 42.5 Å².